The summed E-state index contributed by atoms with van der Waals surface area (Å²) in [4.78, 5) is 10.7. The first-order chi connectivity index (χ1) is 8.32. The van der Waals surface area contributed by atoms with Gasteiger partial charge in [-0.25, -0.2) is 0 Å². The maximum atomic E-state index is 11.1. The lowest BCUT2D eigenvalue weighted by atomic mass is 9.98. The monoisotopic (exact) mass is 248 g/mol. The third-order valence-corrected chi connectivity index (χ3v) is 2.99. The molecule has 0 saturated heterocycles. The van der Waals surface area contributed by atoms with Gasteiger partial charge in [0.1, 0.15) is 0 Å². The van der Waals surface area contributed by atoms with Gasteiger partial charge in [0.25, 0.3) is 5.69 Å². The van der Waals surface area contributed by atoms with Crippen molar-refractivity contribution in [3.8, 4) is 0 Å². The van der Waals surface area contributed by atoms with Crippen LogP contribution >= 0.6 is 0 Å². The second-order valence-corrected chi connectivity index (χ2v) is 4.91. The summed E-state index contributed by atoms with van der Waals surface area (Å²) in [6.07, 6.45) is 1.89. The minimum absolute atomic E-state index is 0.0474. The van der Waals surface area contributed by atoms with Crippen LogP contribution in [0.5, 0.6) is 0 Å². The van der Waals surface area contributed by atoms with Crippen molar-refractivity contribution < 1.29 is 4.92 Å². The van der Waals surface area contributed by atoms with Gasteiger partial charge in [-0.05, 0) is 25.3 Å². The molecule has 0 aliphatic carbocycles. The van der Waals surface area contributed by atoms with E-state index in [1.54, 1.807) is 6.07 Å². The summed E-state index contributed by atoms with van der Waals surface area (Å²) < 4.78 is 0. The number of nitrogens with two attached hydrogens (primary N) is 1. The third kappa shape index (κ3) is 3.40. The van der Waals surface area contributed by atoms with Crippen LogP contribution in [0.2, 0.25) is 0 Å². The van der Waals surface area contributed by atoms with Gasteiger partial charge < -0.3 is 5.73 Å². The fraction of sp³-hybridized carbons (Fsp3) is 0.429. The molecule has 0 fully saturated rings. The highest BCUT2D eigenvalue weighted by Crippen LogP contribution is 2.28. The summed E-state index contributed by atoms with van der Waals surface area (Å²) in [6, 6.07) is 5.28. The van der Waals surface area contributed by atoms with Crippen molar-refractivity contribution in [2.24, 2.45) is 5.73 Å². The van der Waals surface area contributed by atoms with E-state index in [1.807, 2.05) is 45.9 Å². The zero-order chi connectivity index (χ0) is 13.9. The molecule has 0 radical (unpaired) electrons. The van der Waals surface area contributed by atoms with Crippen LogP contribution in [0.3, 0.4) is 0 Å². The molecule has 0 spiro atoms. The normalized spacial score (nSPS) is 13.8. The highest BCUT2D eigenvalue weighted by molar-refractivity contribution is 5.59. The van der Waals surface area contributed by atoms with Crippen LogP contribution in [-0.4, -0.2) is 11.0 Å². The standard InChI is InChI=1S/C14H20N2O2/c1-9(2)13-6-5-12(7-10(3)11(4)15)8-14(13)16(17)18/h5-9,11H,15H2,1-4H3/b10-7-. The molecule has 1 unspecified atom stereocenters. The number of benzene rings is 1. The Hall–Kier alpha value is -1.68. The van der Waals surface area contributed by atoms with Crippen LogP contribution in [-0.2, 0) is 0 Å². The zero-order valence-corrected chi connectivity index (χ0v) is 11.3. The van der Waals surface area contributed by atoms with Crippen molar-refractivity contribution in [3.63, 3.8) is 0 Å². The average molecular weight is 248 g/mol. The number of rotatable bonds is 4. The first kappa shape index (κ1) is 14.4. The Labute approximate surface area is 108 Å². The van der Waals surface area contributed by atoms with Crippen molar-refractivity contribution in [1.82, 2.24) is 0 Å². The highest BCUT2D eigenvalue weighted by atomic mass is 16.6. The van der Waals surface area contributed by atoms with Gasteiger partial charge in [0, 0.05) is 17.7 Å². The molecule has 1 rings (SSSR count). The molecule has 1 aromatic carbocycles. The summed E-state index contributed by atoms with van der Waals surface area (Å²) in [5, 5.41) is 11.1. The lowest BCUT2D eigenvalue weighted by Gasteiger charge is -2.09. The van der Waals surface area contributed by atoms with Crippen LogP contribution in [0.25, 0.3) is 6.08 Å². The van der Waals surface area contributed by atoms with Gasteiger partial charge in [-0.1, -0.05) is 37.6 Å². The van der Waals surface area contributed by atoms with Crippen molar-refractivity contribution in [2.45, 2.75) is 39.7 Å². The van der Waals surface area contributed by atoms with E-state index < -0.39 is 0 Å². The molecule has 4 heteroatoms. The van der Waals surface area contributed by atoms with Crippen LogP contribution in [0.4, 0.5) is 5.69 Å². The third-order valence-electron chi connectivity index (χ3n) is 2.99. The van der Waals surface area contributed by atoms with Gasteiger partial charge in [0.05, 0.1) is 4.92 Å². The second-order valence-electron chi connectivity index (χ2n) is 4.91. The van der Waals surface area contributed by atoms with Gasteiger partial charge in [-0.2, -0.15) is 0 Å². The van der Waals surface area contributed by atoms with E-state index in [9.17, 15) is 10.1 Å². The fourth-order valence-corrected chi connectivity index (χ4v) is 1.69. The van der Waals surface area contributed by atoms with Crippen LogP contribution in [0, 0.1) is 10.1 Å². The van der Waals surface area contributed by atoms with E-state index in [0.717, 1.165) is 16.7 Å². The quantitative estimate of drug-likeness (QED) is 0.655. The Morgan fingerprint density at radius 2 is 2.00 bits per heavy atom. The molecular formula is C14H20N2O2. The van der Waals surface area contributed by atoms with Gasteiger partial charge in [-0.3, -0.25) is 10.1 Å². The number of nitro benzene ring substituents is 1. The minimum Gasteiger partial charge on any atom is -0.324 e. The molecule has 1 atom stereocenters. The minimum atomic E-state index is -0.326. The Balaban J connectivity index is 3.24. The first-order valence-corrected chi connectivity index (χ1v) is 6.05. The summed E-state index contributed by atoms with van der Waals surface area (Å²) in [6.45, 7) is 7.71. The molecule has 98 valence electrons. The number of hydrogen-bond donors (Lipinski definition) is 1. The van der Waals surface area contributed by atoms with Gasteiger partial charge in [-0.15, -0.1) is 0 Å². The number of nitrogens with zero attached hydrogens (tertiary/aromatic N) is 1. The van der Waals surface area contributed by atoms with Crippen molar-refractivity contribution in [3.05, 3.63) is 45.0 Å². The van der Waals surface area contributed by atoms with E-state index in [0.29, 0.717) is 0 Å². The first-order valence-electron chi connectivity index (χ1n) is 6.05. The molecule has 1 aromatic rings. The highest BCUT2D eigenvalue weighted by Gasteiger charge is 2.16. The molecule has 0 saturated carbocycles. The summed E-state index contributed by atoms with van der Waals surface area (Å²) >= 11 is 0. The molecule has 0 amide bonds. The average Bonchev–Trinajstić information content (AvgIpc) is 2.28. The Bertz CT molecular complexity index is 477. The number of hydrogen-bond acceptors (Lipinski definition) is 3. The molecule has 0 heterocycles. The van der Waals surface area contributed by atoms with Crippen molar-refractivity contribution in [2.75, 3.05) is 0 Å². The molecule has 0 aromatic heterocycles. The summed E-state index contributed by atoms with van der Waals surface area (Å²) in [7, 11) is 0. The molecule has 0 bridgehead atoms. The van der Waals surface area contributed by atoms with Crippen LogP contribution < -0.4 is 5.73 Å². The fourth-order valence-electron chi connectivity index (χ4n) is 1.69. The smallest absolute Gasteiger partial charge is 0.273 e. The molecular weight excluding hydrogens is 228 g/mol. The Morgan fingerprint density at radius 3 is 2.44 bits per heavy atom. The summed E-state index contributed by atoms with van der Waals surface area (Å²) in [5.74, 6) is 0.137. The van der Waals surface area contributed by atoms with E-state index in [2.05, 4.69) is 0 Å². The van der Waals surface area contributed by atoms with E-state index in [1.165, 1.54) is 0 Å². The maximum absolute atomic E-state index is 11.1. The predicted octanol–water partition coefficient (Wildman–Crippen LogP) is 3.47. The van der Waals surface area contributed by atoms with Crippen LogP contribution in [0.1, 0.15) is 44.7 Å². The Kier molecular flexibility index (Phi) is 4.62. The molecule has 18 heavy (non-hydrogen) atoms. The second kappa shape index (κ2) is 5.78. The summed E-state index contributed by atoms with van der Waals surface area (Å²) in [5.41, 5.74) is 8.52. The topological polar surface area (TPSA) is 69.2 Å². The zero-order valence-electron chi connectivity index (χ0n) is 11.3. The van der Waals surface area contributed by atoms with E-state index >= 15 is 0 Å². The molecule has 0 aliphatic heterocycles. The predicted molar refractivity (Wildman–Crippen MR) is 74.5 cm³/mol. The van der Waals surface area contributed by atoms with Gasteiger partial charge >= 0.3 is 0 Å². The SMILES string of the molecule is C/C(=C/c1ccc(C(C)C)c([N+](=O)[O-])c1)C(C)N. The van der Waals surface area contributed by atoms with Gasteiger partial charge in [0.2, 0.25) is 0 Å². The van der Waals surface area contributed by atoms with Gasteiger partial charge in [0.15, 0.2) is 0 Å². The van der Waals surface area contributed by atoms with Crippen molar-refractivity contribution >= 4 is 11.8 Å². The number of nitro groups is 1. The van der Waals surface area contributed by atoms with E-state index in [-0.39, 0.29) is 22.6 Å². The van der Waals surface area contributed by atoms with Crippen LogP contribution in [0.15, 0.2) is 23.8 Å². The van der Waals surface area contributed by atoms with Crippen molar-refractivity contribution in [1.29, 1.82) is 0 Å². The molecule has 4 nitrogen and oxygen atoms in total. The molecule has 0 aliphatic rings. The lowest BCUT2D eigenvalue weighted by molar-refractivity contribution is -0.385. The van der Waals surface area contributed by atoms with E-state index in [4.69, 9.17) is 5.73 Å². The Morgan fingerprint density at radius 1 is 1.39 bits per heavy atom. The maximum Gasteiger partial charge on any atom is 0.273 e. The lowest BCUT2D eigenvalue weighted by Crippen LogP contribution is -2.15. The molecule has 2 N–H and O–H groups in total. The largest absolute Gasteiger partial charge is 0.324 e.